The summed E-state index contributed by atoms with van der Waals surface area (Å²) in [5.41, 5.74) is 0. The van der Waals surface area contributed by atoms with Gasteiger partial charge in [0.15, 0.2) is 0 Å². The molecule has 0 bridgehead atoms. The smallest absolute Gasteiger partial charge is 0.337 e. The standard InChI is InChI=1S/C14H16Cl2O5/c1-9(2)6-20-13(17)7-19-8-14(18)21-12-4-3-10(15)5-11(12)16/h3-5,9H,6-8H2,1-2H3. The highest BCUT2D eigenvalue weighted by molar-refractivity contribution is 6.35. The van der Waals surface area contributed by atoms with Gasteiger partial charge in [0.05, 0.1) is 11.6 Å². The van der Waals surface area contributed by atoms with E-state index in [4.69, 9.17) is 37.4 Å². The van der Waals surface area contributed by atoms with Gasteiger partial charge in [0, 0.05) is 5.02 Å². The largest absolute Gasteiger partial charge is 0.464 e. The molecule has 0 unspecified atom stereocenters. The van der Waals surface area contributed by atoms with E-state index in [1.54, 1.807) is 6.07 Å². The Kier molecular flexibility index (Phi) is 7.50. The van der Waals surface area contributed by atoms with Crippen LogP contribution in [0.25, 0.3) is 0 Å². The second-order valence-electron chi connectivity index (χ2n) is 4.62. The van der Waals surface area contributed by atoms with E-state index in [2.05, 4.69) is 0 Å². The minimum absolute atomic E-state index is 0.178. The monoisotopic (exact) mass is 334 g/mol. The number of rotatable bonds is 7. The van der Waals surface area contributed by atoms with Crippen LogP contribution in [0.15, 0.2) is 18.2 Å². The van der Waals surface area contributed by atoms with Gasteiger partial charge in [0.1, 0.15) is 19.0 Å². The Labute approximate surface area is 133 Å². The molecule has 1 aromatic rings. The van der Waals surface area contributed by atoms with Crippen molar-refractivity contribution in [2.24, 2.45) is 5.92 Å². The van der Waals surface area contributed by atoms with Crippen molar-refractivity contribution in [3.8, 4) is 5.75 Å². The lowest BCUT2D eigenvalue weighted by Gasteiger charge is -2.08. The lowest BCUT2D eigenvalue weighted by atomic mass is 10.2. The molecule has 1 rings (SSSR count). The van der Waals surface area contributed by atoms with E-state index in [-0.39, 0.29) is 29.9 Å². The van der Waals surface area contributed by atoms with Crippen LogP contribution in [-0.2, 0) is 19.1 Å². The lowest BCUT2D eigenvalue weighted by molar-refractivity contribution is -0.152. The number of hydrogen-bond donors (Lipinski definition) is 0. The Morgan fingerprint density at radius 2 is 1.81 bits per heavy atom. The molecule has 21 heavy (non-hydrogen) atoms. The predicted molar refractivity (Wildman–Crippen MR) is 78.7 cm³/mol. The summed E-state index contributed by atoms with van der Waals surface area (Å²) in [6, 6.07) is 4.47. The van der Waals surface area contributed by atoms with E-state index in [0.717, 1.165) is 0 Å². The van der Waals surface area contributed by atoms with Crippen molar-refractivity contribution < 1.29 is 23.8 Å². The predicted octanol–water partition coefficient (Wildman–Crippen LogP) is 3.11. The molecule has 7 heteroatoms. The van der Waals surface area contributed by atoms with Crippen LogP contribution in [0.5, 0.6) is 5.75 Å². The zero-order valence-electron chi connectivity index (χ0n) is 11.7. The van der Waals surface area contributed by atoms with Gasteiger partial charge in [-0.25, -0.2) is 9.59 Å². The van der Waals surface area contributed by atoms with E-state index in [0.29, 0.717) is 11.6 Å². The second kappa shape index (κ2) is 8.87. The van der Waals surface area contributed by atoms with Crippen molar-refractivity contribution in [3.05, 3.63) is 28.2 Å². The summed E-state index contributed by atoms with van der Waals surface area (Å²) >= 11 is 11.6. The molecule has 116 valence electrons. The molecule has 0 saturated heterocycles. The molecule has 0 saturated carbocycles. The third-order valence-corrected chi connectivity index (χ3v) is 2.67. The zero-order chi connectivity index (χ0) is 15.8. The van der Waals surface area contributed by atoms with Gasteiger partial charge < -0.3 is 14.2 Å². The first-order valence-corrected chi connectivity index (χ1v) is 7.03. The van der Waals surface area contributed by atoms with Crippen molar-refractivity contribution in [2.75, 3.05) is 19.8 Å². The van der Waals surface area contributed by atoms with Crippen LogP contribution < -0.4 is 4.74 Å². The summed E-state index contributed by atoms with van der Waals surface area (Å²) in [5.74, 6) is -0.778. The summed E-state index contributed by atoms with van der Waals surface area (Å²) in [5, 5.41) is 0.649. The number of esters is 2. The molecule has 0 N–H and O–H groups in total. The maximum Gasteiger partial charge on any atom is 0.337 e. The summed E-state index contributed by atoms with van der Waals surface area (Å²) in [7, 11) is 0. The quantitative estimate of drug-likeness (QED) is 0.566. The van der Waals surface area contributed by atoms with Crippen LogP contribution >= 0.6 is 23.2 Å². The van der Waals surface area contributed by atoms with E-state index < -0.39 is 11.9 Å². The Morgan fingerprint density at radius 3 is 2.43 bits per heavy atom. The van der Waals surface area contributed by atoms with E-state index in [9.17, 15) is 9.59 Å². The van der Waals surface area contributed by atoms with Gasteiger partial charge in [-0.05, 0) is 24.1 Å². The first-order valence-electron chi connectivity index (χ1n) is 6.27. The van der Waals surface area contributed by atoms with Crippen LogP contribution in [0.1, 0.15) is 13.8 Å². The average molecular weight is 335 g/mol. The summed E-state index contributed by atoms with van der Waals surface area (Å²) in [6.07, 6.45) is 0. The molecule has 5 nitrogen and oxygen atoms in total. The van der Waals surface area contributed by atoms with Crippen molar-refractivity contribution in [3.63, 3.8) is 0 Å². The fourth-order valence-electron chi connectivity index (χ4n) is 1.23. The summed E-state index contributed by atoms with van der Waals surface area (Å²) < 4.78 is 14.8. The summed E-state index contributed by atoms with van der Waals surface area (Å²) in [6.45, 7) is 3.46. The van der Waals surface area contributed by atoms with Crippen LogP contribution in [0.2, 0.25) is 10.0 Å². The Bertz CT molecular complexity index is 502. The molecule has 0 radical (unpaired) electrons. The summed E-state index contributed by atoms with van der Waals surface area (Å²) in [4.78, 5) is 22.8. The minimum atomic E-state index is -0.670. The number of carbonyl (C=O) groups is 2. The molecule has 0 spiro atoms. The van der Waals surface area contributed by atoms with Crippen LogP contribution in [-0.4, -0.2) is 31.8 Å². The van der Waals surface area contributed by atoms with E-state index >= 15 is 0 Å². The molecule has 0 amide bonds. The molecule has 0 aromatic heterocycles. The molecule has 0 heterocycles. The van der Waals surface area contributed by atoms with Gasteiger partial charge in [0.2, 0.25) is 0 Å². The van der Waals surface area contributed by atoms with Crippen LogP contribution in [0, 0.1) is 5.92 Å². The highest BCUT2D eigenvalue weighted by Gasteiger charge is 2.11. The topological polar surface area (TPSA) is 61.8 Å². The SMILES string of the molecule is CC(C)COC(=O)COCC(=O)Oc1ccc(Cl)cc1Cl. The molecule has 0 aliphatic heterocycles. The average Bonchev–Trinajstić information content (AvgIpc) is 2.39. The normalized spacial score (nSPS) is 10.5. The van der Waals surface area contributed by atoms with E-state index in [1.165, 1.54) is 12.1 Å². The van der Waals surface area contributed by atoms with Crippen LogP contribution in [0.3, 0.4) is 0 Å². The van der Waals surface area contributed by atoms with Gasteiger partial charge in [-0.1, -0.05) is 37.0 Å². The molecule has 1 aromatic carbocycles. The van der Waals surface area contributed by atoms with Gasteiger partial charge in [-0.15, -0.1) is 0 Å². The van der Waals surface area contributed by atoms with Gasteiger partial charge in [-0.3, -0.25) is 0 Å². The number of carbonyl (C=O) groups excluding carboxylic acids is 2. The second-order valence-corrected chi connectivity index (χ2v) is 5.46. The van der Waals surface area contributed by atoms with Crippen molar-refractivity contribution in [1.82, 2.24) is 0 Å². The Hall–Kier alpha value is -1.30. The number of hydrogen-bond acceptors (Lipinski definition) is 5. The van der Waals surface area contributed by atoms with Crippen molar-refractivity contribution >= 4 is 35.1 Å². The van der Waals surface area contributed by atoms with Gasteiger partial charge in [0.25, 0.3) is 0 Å². The fraction of sp³-hybridized carbons (Fsp3) is 0.429. The van der Waals surface area contributed by atoms with Crippen molar-refractivity contribution in [1.29, 1.82) is 0 Å². The molecule has 0 atom stereocenters. The number of ether oxygens (including phenoxy) is 3. The van der Waals surface area contributed by atoms with Gasteiger partial charge in [-0.2, -0.15) is 0 Å². The van der Waals surface area contributed by atoms with E-state index in [1.807, 2.05) is 13.8 Å². The molecule has 0 aliphatic carbocycles. The minimum Gasteiger partial charge on any atom is -0.464 e. The molecule has 0 fully saturated rings. The molecule has 0 aliphatic rings. The zero-order valence-corrected chi connectivity index (χ0v) is 13.2. The maximum atomic E-state index is 11.5. The molecular formula is C14H16Cl2O5. The van der Waals surface area contributed by atoms with Gasteiger partial charge >= 0.3 is 11.9 Å². The highest BCUT2D eigenvalue weighted by atomic mass is 35.5. The van der Waals surface area contributed by atoms with Crippen LogP contribution in [0.4, 0.5) is 0 Å². The van der Waals surface area contributed by atoms with Crippen molar-refractivity contribution in [2.45, 2.75) is 13.8 Å². The maximum absolute atomic E-state index is 11.5. The third-order valence-electron chi connectivity index (χ3n) is 2.14. The molecular weight excluding hydrogens is 319 g/mol. The first kappa shape index (κ1) is 17.8. The Balaban J connectivity index is 2.29. The Morgan fingerprint density at radius 1 is 1.14 bits per heavy atom. The third kappa shape index (κ3) is 7.32. The first-order chi connectivity index (χ1) is 9.88. The lowest BCUT2D eigenvalue weighted by Crippen LogP contribution is -2.21. The fourth-order valence-corrected chi connectivity index (χ4v) is 1.68. The highest BCUT2D eigenvalue weighted by Crippen LogP contribution is 2.27. The number of benzene rings is 1. The number of halogens is 2.